The standard InChI is InChI=1S/C18H20F5NO4/c1-5-6-27-16(26)24-13(15(25)28-17(2,3)4)9-10-7-11(19)14(12(20)8-10)18(21,22)23/h5,7-8,13H,1,6,9H2,2-4H3,(H,24,26). The third-order valence-electron chi connectivity index (χ3n) is 3.14. The highest BCUT2D eigenvalue weighted by Crippen LogP contribution is 2.34. The van der Waals surface area contributed by atoms with E-state index in [0.29, 0.717) is 12.1 Å². The van der Waals surface area contributed by atoms with Gasteiger partial charge < -0.3 is 14.8 Å². The molecular weight excluding hydrogens is 389 g/mol. The first-order valence-corrected chi connectivity index (χ1v) is 8.06. The molecule has 1 rings (SSSR count). The Morgan fingerprint density at radius 1 is 1.18 bits per heavy atom. The maximum absolute atomic E-state index is 13.8. The van der Waals surface area contributed by atoms with E-state index in [9.17, 15) is 31.5 Å². The molecule has 0 aliphatic heterocycles. The summed E-state index contributed by atoms with van der Waals surface area (Å²) in [4.78, 5) is 24.0. The average molecular weight is 409 g/mol. The van der Waals surface area contributed by atoms with Crippen LogP contribution < -0.4 is 5.32 Å². The molecule has 0 heterocycles. The van der Waals surface area contributed by atoms with Crippen molar-refractivity contribution in [1.82, 2.24) is 5.32 Å². The van der Waals surface area contributed by atoms with E-state index in [-0.39, 0.29) is 12.2 Å². The number of halogens is 5. The minimum Gasteiger partial charge on any atom is -0.458 e. The van der Waals surface area contributed by atoms with Crippen molar-refractivity contribution in [3.8, 4) is 0 Å². The summed E-state index contributed by atoms with van der Waals surface area (Å²) in [6.45, 7) is 7.82. The summed E-state index contributed by atoms with van der Waals surface area (Å²) in [7, 11) is 0. The number of ether oxygens (including phenoxy) is 2. The lowest BCUT2D eigenvalue weighted by Crippen LogP contribution is -2.45. The quantitative estimate of drug-likeness (QED) is 0.436. The molecule has 0 aliphatic carbocycles. The van der Waals surface area contributed by atoms with Crippen LogP contribution in [0.3, 0.4) is 0 Å². The smallest absolute Gasteiger partial charge is 0.422 e. The molecule has 0 saturated carbocycles. The molecule has 1 aromatic rings. The molecule has 1 atom stereocenters. The molecule has 156 valence electrons. The molecule has 0 fully saturated rings. The normalized spacial score (nSPS) is 12.9. The lowest BCUT2D eigenvalue weighted by atomic mass is 10.0. The van der Waals surface area contributed by atoms with E-state index >= 15 is 0 Å². The van der Waals surface area contributed by atoms with Crippen LogP contribution in [0.1, 0.15) is 31.9 Å². The van der Waals surface area contributed by atoms with Crippen molar-refractivity contribution in [1.29, 1.82) is 0 Å². The minimum absolute atomic E-state index is 0.170. The Kier molecular flexibility index (Phi) is 7.54. The predicted molar refractivity (Wildman–Crippen MR) is 89.4 cm³/mol. The number of benzene rings is 1. The zero-order chi connectivity index (χ0) is 21.7. The lowest BCUT2D eigenvalue weighted by Gasteiger charge is -2.24. The van der Waals surface area contributed by atoms with E-state index in [1.165, 1.54) is 6.08 Å². The second kappa shape index (κ2) is 9.03. The molecule has 5 nitrogen and oxygen atoms in total. The van der Waals surface area contributed by atoms with Gasteiger partial charge in [0.2, 0.25) is 0 Å². The van der Waals surface area contributed by atoms with Gasteiger partial charge in [0.25, 0.3) is 0 Å². The zero-order valence-electron chi connectivity index (χ0n) is 15.5. The van der Waals surface area contributed by atoms with Crippen LogP contribution in [0.25, 0.3) is 0 Å². The van der Waals surface area contributed by atoms with Crippen LogP contribution >= 0.6 is 0 Å². The molecule has 0 bridgehead atoms. The van der Waals surface area contributed by atoms with Crippen LogP contribution in [-0.4, -0.2) is 30.3 Å². The number of amides is 1. The van der Waals surface area contributed by atoms with Crippen LogP contribution in [0.15, 0.2) is 24.8 Å². The number of esters is 1. The van der Waals surface area contributed by atoms with Crippen LogP contribution in [-0.2, 0) is 26.9 Å². The number of alkyl carbamates (subject to hydrolysis) is 1. The highest BCUT2D eigenvalue weighted by atomic mass is 19.4. The Bertz CT molecular complexity index is 717. The fourth-order valence-corrected chi connectivity index (χ4v) is 2.13. The van der Waals surface area contributed by atoms with Gasteiger partial charge in [-0.3, -0.25) is 0 Å². The summed E-state index contributed by atoms with van der Waals surface area (Å²) in [6, 6.07) is -0.563. The van der Waals surface area contributed by atoms with Gasteiger partial charge in [0.05, 0.1) is 0 Å². The van der Waals surface area contributed by atoms with Crippen molar-refractivity contribution in [3.05, 3.63) is 47.5 Å². The summed E-state index contributed by atoms with van der Waals surface area (Å²) in [5.41, 5.74) is -3.27. The van der Waals surface area contributed by atoms with Gasteiger partial charge in [0, 0.05) is 6.42 Å². The number of carbonyl (C=O) groups is 2. The van der Waals surface area contributed by atoms with Gasteiger partial charge in [-0.15, -0.1) is 0 Å². The molecule has 1 amide bonds. The molecule has 0 radical (unpaired) electrons. The fraction of sp³-hybridized carbons (Fsp3) is 0.444. The van der Waals surface area contributed by atoms with Gasteiger partial charge >= 0.3 is 18.2 Å². The lowest BCUT2D eigenvalue weighted by molar-refractivity contribution is -0.157. The maximum Gasteiger partial charge on any atom is 0.422 e. The number of rotatable bonds is 6. The molecule has 0 aliphatic rings. The van der Waals surface area contributed by atoms with Crippen molar-refractivity contribution in [3.63, 3.8) is 0 Å². The van der Waals surface area contributed by atoms with Crippen molar-refractivity contribution in [2.24, 2.45) is 0 Å². The molecule has 0 saturated heterocycles. The molecule has 10 heteroatoms. The summed E-state index contributed by atoms with van der Waals surface area (Å²) >= 11 is 0. The summed E-state index contributed by atoms with van der Waals surface area (Å²) in [5.74, 6) is -4.62. The van der Waals surface area contributed by atoms with Gasteiger partial charge in [0.1, 0.15) is 35.4 Å². The second-order valence-corrected chi connectivity index (χ2v) is 6.75. The maximum atomic E-state index is 13.8. The van der Waals surface area contributed by atoms with Crippen LogP contribution in [0.2, 0.25) is 0 Å². The van der Waals surface area contributed by atoms with Gasteiger partial charge in [-0.1, -0.05) is 12.7 Å². The van der Waals surface area contributed by atoms with E-state index < -0.39 is 53.5 Å². The molecule has 28 heavy (non-hydrogen) atoms. The predicted octanol–water partition coefficient (Wildman–Crippen LogP) is 4.15. The zero-order valence-corrected chi connectivity index (χ0v) is 15.5. The van der Waals surface area contributed by atoms with Gasteiger partial charge in [0.15, 0.2) is 0 Å². The first-order chi connectivity index (χ1) is 12.7. The first-order valence-electron chi connectivity index (χ1n) is 8.06. The average Bonchev–Trinajstić information content (AvgIpc) is 2.48. The SMILES string of the molecule is C=CCOC(=O)NC(Cc1cc(F)c(C(F)(F)F)c(F)c1)C(=O)OC(C)(C)C. The highest BCUT2D eigenvalue weighted by molar-refractivity contribution is 5.82. The molecular formula is C18H20F5NO4. The van der Waals surface area contributed by atoms with Crippen molar-refractivity contribution in [2.75, 3.05) is 6.61 Å². The summed E-state index contributed by atoms with van der Waals surface area (Å²) in [6.07, 6.45) is -5.51. The third kappa shape index (κ3) is 7.16. The third-order valence-corrected chi connectivity index (χ3v) is 3.14. The highest BCUT2D eigenvalue weighted by Gasteiger charge is 2.38. The summed E-state index contributed by atoms with van der Waals surface area (Å²) < 4.78 is 75.3. The Hall–Kier alpha value is -2.65. The van der Waals surface area contributed by atoms with Gasteiger partial charge in [-0.2, -0.15) is 13.2 Å². The fourth-order valence-electron chi connectivity index (χ4n) is 2.13. The van der Waals surface area contributed by atoms with Gasteiger partial charge in [-0.05, 0) is 38.5 Å². The van der Waals surface area contributed by atoms with E-state index in [4.69, 9.17) is 4.74 Å². The van der Waals surface area contributed by atoms with Crippen LogP contribution in [0.4, 0.5) is 26.7 Å². The van der Waals surface area contributed by atoms with E-state index in [1.54, 1.807) is 20.8 Å². The van der Waals surface area contributed by atoms with Crippen LogP contribution in [0.5, 0.6) is 0 Å². The monoisotopic (exact) mass is 409 g/mol. The van der Waals surface area contributed by atoms with E-state index in [0.717, 1.165) is 0 Å². The second-order valence-electron chi connectivity index (χ2n) is 6.75. The largest absolute Gasteiger partial charge is 0.458 e. The Labute approximate surface area is 158 Å². The Balaban J connectivity index is 3.13. The molecule has 1 N–H and O–H groups in total. The number of hydrogen-bond acceptors (Lipinski definition) is 4. The topological polar surface area (TPSA) is 64.6 Å². The van der Waals surface area contributed by atoms with E-state index in [2.05, 4.69) is 16.6 Å². The molecule has 1 aromatic carbocycles. The minimum atomic E-state index is -5.22. The Morgan fingerprint density at radius 2 is 1.71 bits per heavy atom. The van der Waals surface area contributed by atoms with Crippen molar-refractivity contribution in [2.45, 2.75) is 45.0 Å². The first kappa shape index (κ1) is 23.4. The summed E-state index contributed by atoms with van der Waals surface area (Å²) in [5, 5.41) is 2.16. The van der Waals surface area contributed by atoms with Gasteiger partial charge in [-0.25, -0.2) is 18.4 Å². The van der Waals surface area contributed by atoms with Crippen molar-refractivity contribution < 1.29 is 41.0 Å². The van der Waals surface area contributed by atoms with Crippen molar-refractivity contribution >= 4 is 12.1 Å². The number of nitrogens with one attached hydrogen (secondary N) is 1. The van der Waals surface area contributed by atoms with Crippen LogP contribution in [0, 0.1) is 11.6 Å². The van der Waals surface area contributed by atoms with E-state index in [1.807, 2.05) is 0 Å². The number of alkyl halides is 3. The number of carbonyl (C=O) groups excluding carboxylic acids is 2. The molecule has 0 aromatic heterocycles. The molecule has 1 unspecified atom stereocenters. The molecule has 0 spiro atoms. The Morgan fingerprint density at radius 3 is 2.14 bits per heavy atom. The number of hydrogen-bond donors (Lipinski definition) is 1.